The maximum atomic E-state index is 13.5. The third-order valence-corrected chi connectivity index (χ3v) is 2.67. The lowest BCUT2D eigenvalue weighted by molar-refractivity contribution is 0.585. The van der Waals surface area contributed by atoms with Crippen LogP contribution in [0.3, 0.4) is 0 Å². The summed E-state index contributed by atoms with van der Waals surface area (Å²) in [4.78, 5) is 0. The average Bonchev–Trinajstić information content (AvgIpc) is 2.30. The third-order valence-electron chi connectivity index (χ3n) is 2.67. The van der Waals surface area contributed by atoms with Crippen molar-refractivity contribution in [2.45, 2.75) is 46.1 Å². The van der Waals surface area contributed by atoms with E-state index in [4.69, 9.17) is 0 Å². The van der Waals surface area contributed by atoms with E-state index in [9.17, 15) is 4.39 Å². The molecule has 1 N–H and O–H groups in total. The van der Waals surface area contributed by atoms with Gasteiger partial charge in [-0.1, -0.05) is 32.4 Å². The van der Waals surface area contributed by atoms with Gasteiger partial charge in [-0.05, 0) is 37.4 Å². The summed E-state index contributed by atoms with van der Waals surface area (Å²) in [5.74, 6) is -0.0937. The number of nitrogens with one attached hydrogen (secondary N) is 1. The Bertz CT molecular complexity index is 310. The first-order valence-corrected chi connectivity index (χ1v) is 6.26. The Balaban J connectivity index is 2.59. The van der Waals surface area contributed by atoms with Crippen molar-refractivity contribution >= 4 is 0 Å². The van der Waals surface area contributed by atoms with Crippen molar-refractivity contribution in [2.24, 2.45) is 0 Å². The molecule has 1 nitrogen and oxygen atoms in total. The van der Waals surface area contributed by atoms with Crippen LogP contribution in [0.25, 0.3) is 0 Å². The van der Waals surface area contributed by atoms with Crippen molar-refractivity contribution in [3.05, 3.63) is 35.1 Å². The van der Waals surface area contributed by atoms with E-state index in [2.05, 4.69) is 19.2 Å². The second kappa shape index (κ2) is 7.39. The molecule has 90 valence electrons. The maximum absolute atomic E-state index is 13.5. The first kappa shape index (κ1) is 13.2. The molecule has 0 aliphatic rings. The minimum Gasteiger partial charge on any atom is -0.313 e. The van der Waals surface area contributed by atoms with Crippen LogP contribution in [0.2, 0.25) is 0 Å². The summed E-state index contributed by atoms with van der Waals surface area (Å²) in [6, 6.07) is 5.48. The fourth-order valence-electron chi connectivity index (χ4n) is 1.70. The standard InChI is InChI=1S/C14H22FN/c1-3-5-6-12-7-8-14(15)13(10-12)11-16-9-4-2/h7-8,10,16H,3-6,9,11H2,1-2H3. The molecule has 0 aliphatic heterocycles. The number of rotatable bonds is 7. The first-order valence-electron chi connectivity index (χ1n) is 6.26. The van der Waals surface area contributed by atoms with Crippen LogP contribution in [-0.2, 0) is 13.0 Å². The highest BCUT2D eigenvalue weighted by Gasteiger charge is 2.03. The molecule has 0 bridgehead atoms. The highest BCUT2D eigenvalue weighted by Crippen LogP contribution is 2.12. The lowest BCUT2D eigenvalue weighted by Gasteiger charge is -2.07. The van der Waals surface area contributed by atoms with E-state index >= 15 is 0 Å². The average molecular weight is 223 g/mol. The predicted molar refractivity (Wildman–Crippen MR) is 67.0 cm³/mol. The van der Waals surface area contributed by atoms with E-state index < -0.39 is 0 Å². The number of unbranched alkanes of at least 4 members (excludes halogenated alkanes) is 1. The molecule has 0 radical (unpaired) electrons. The smallest absolute Gasteiger partial charge is 0.127 e. The van der Waals surface area contributed by atoms with Crippen molar-refractivity contribution in [1.29, 1.82) is 0 Å². The van der Waals surface area contributed by atoms with Gasteiger partial charge in [0.1, 0.15) is 5.82 Å². The molecule has 1 aromatic carbocycles. The van der Waals surface area contributed by atoms with Gasteiger partial charge in [-0.2, -0.15) is 0 Å². The molecule has 0 fully saturated rings. The van der Waals surface area contributed by atoms with Crippen molar-refractivity contribution < 1.29 is 4.39 Å². The van der Waals surface area contributed by atoms with Crippen LogP contribution in [0.1, 0.15) is 44.2 Å². The van der Waals surface area contributed by atoms with E-state index in [1.165, 1.54) is 18.4 Å². The van der Waals surface area contributed by atoms with Gasteiger partial charge < -0.3 is 5.32 Å². The maximum Gasteiger partial charge on any atom is 0.127 e. The number of hydrogen-bond donors (Lipinski definition) is 1. The Morgan fingerprint density at radius 1 is 1.19 bits per heavy atom. The van der Waals surface area contributed by atoms with Crippen LogP contribution in [0.15, 0.2) is 18.2 Å². The Kier molecular flexibility index (Phi) is 6.09. The molecule has 0 aromatic heterocycles. The van der Waals surface area contributed by atoms with Crippen LogP contribution in [0.4, 0.5) is 4.39 Å². The van der Waals surface area contributed by atoms with Gasteiger partial charge in [0.25, 0.3) is 0 Å². The van der Waals surface area contributed by atoms with Crippen molar-refractivity contribution in [2.75, 3.05) is 6.54 Å². The second-order valence-electron chi connectivity index (χ2n) is 4.21. The molecular formula is C14H22FN. The fraction of sp³-hybridized carbons (Fsp3) is 0.571. The molecule has 1 rings (SSSR count). The number of halogens is 1. The van der Waals surface area contributed by atoms with E-state index in [-0.39, 0.29) is 5.82 Å². The van der Waals surface area contributed by atoms with E-state index in [0.29, 0.717) is 6.54 Å². The van der Waals surface area contributed by atoms with Crippen molar-refractivity contribution in [3.8, 4) is 0 Å². The minimum absolute atomic E-state index is 0.0937. The zero-order valence-corrected chi connectivity index (χ0v) is 10.4. The van der Waals surface area contributed by atoms with Gasteiger partial charge in [-0.15, -0.1) is 0 Å². The molecule has 1 aromatic rings. The van der Waals surface area contributed by atoms with Crippen molar-refractivity contribution in [3.63, 3.8) is 0 Å². The molecule has 0 aliphatic carbocycles. The predicted octanol–water partition coefficient (Wildman–Crippen LogP) is 3.67. The van der Waals surface area contributed by atoms with Gasteiger partial charge in [0.05, 0.1) is 0 Å². The summed E-state index contributed by atoms with van der Waals surface area (Å²) in [5, 5.41) is 3.24. The van der Waals surface area contributed by atoms with E-state index in [1.54, 1.807) is 6.07 Å². The highest BCUT2D eigenvalue weighted by atomic mass is 19.1. The number of benzene rings is 1. The summed E-state index contributed by atoms with van der Waals surface area (Å²) >= 11 is 0. The molecular weight excluding hydrogens is 201 g/mol. The van der Waals surface area contributed by atoms with Crippen LogP contribution < -0.4 is 5.32 Å². The van der Waals surface area contributed by atoms with Crippen LogP contribution in [0, 0.1) is 5.82 Å². The summed E-state index contributed by atoms with van der Waals surface area (Å²) in [5.41, 5.74) is 2.04. The van der Waals surface area contributed by atoms with E-state index in [1.807, 2.05) is 12.1 Å². The molecule has 0 saturated carbocycles. The summed E-state index contributed by atoms with van der Waals surface area (Å²) in [7, 11) is 0. The van der Waals surface area contributed by atoms with Gasteiger partial charge in [0.2, 0.25) is 0 Å². The zero-order chi connectivity index (χ0) is 11.8. The minimum atomic E-state index is -0.0937. The van der Waals surface area contributed by atoms with Crippen LogP contribution in [-0.4, -0.2) is 6.54 Å². The molecule has 16 heavy (non-hydrogen) atoms. The Hall–Kier alpha value is -0.890. The molecule has 0 amide bonds. The van der Waals surface area contributed by atoms with Gasteiger partial charge >= 0.3 is 0 Å². The van der Waals surface area contributed by atoms with Gasteiger partial charge in [-0.3, -0.25) is 0 Å². The molecule has 0 spiro atoms. The lowest BCUT2D eigenvalue weighted by atomic mass is 10.0. The Morgan fingerprint density at radius 2 is 2.00 bits per heavy atom. The number of aryl methyl sites for hydroxylation is 1. The fourth-order valence-corrected chi connectivity index (χ4v) is 1.70. The van der Waals surface area contributed by atoms with Crippen molar-refractivity contribution in [1.82, 2.24) is 5.32 Å². The number of hydrogen-bond acceptors (Lipinski definition) is 1. The molecule has 2 heteroatoms. The quantitative estimate of drug-likeness (QED) is 0.695. The molecule has 0 unspecified atom stereocenters. The molecule has 0 atom stereocenters. The molecule has 0 heterocycles. The summed E-state index contributed by atoms with van der Waals surface area (Å²) in [6.07, 6.45) is 4.49. The first-order chi connectivity index (χ1) is 7.77. The SMILES string of the molecule is CCCCc1ccc(F)c(CNCCC)c1. The normalized spacial score (nSPS) is 10.7. The Labute approximate surface area is 98.1 Å². The second-order valence-corrected chi connectivity index (χ2v) is 4.21. The largest absolute Gasteiger partial charge is 0.313 e. The summed E-state index contributed by atoms with van der Waals surface area (Å²) in [6.45, 7) is 5.87. The highest BCUT2D eigenvalue weighted by molar-refractivity contribution is 5.25. The lowest BCUT2D eigenvalue weighted by Crippen LogP contribution is -2.15. The summed E-state index contributed by atoms with van der Waals surface area (Å²) < 4.78 is 13.5. The van der Waals surface area contributed by atoms with E-state index in [0.717, 1.165) is 24.9 Å². The monoisotopic (exact) mass is 223 g/mol. The van der Waals surface area contributed by atoms with Gasteiger partial charge in [-0.25, -0.2) is 4.39 Å². The topological polar surface area (TPSA) is 12.0 Å². The van der Waals surface area contributed by atoms with Crippen LogP contribution >= 0.6 is 0 Å². The zero-order valence-electron chi connectivity index (χ0n) is 10.4. The van der Waals surface area contributed by atoms with Crippen LogP contribution in [0.5, 0.6) is 0 Å². The van der Waals surface area contributed by atoms with Gasteiger partial charge in [0, 0.05) is 12.1 Å². The third kappa shape index (κ3) is 4.31. The molecule has 0 saturated heterocycles. The Morgan fingerprint density at radius 3 is 2.69 bits per heavy atom. The van der Waals surface area contributed by atoms with Gasteiger partial charge in [0.15, 0.2) is 0 Å².